The van der Waals surface area contributed by atoms with Gasteiger partial charge in [-0.1, -0.05) is 66.4 Å². The van der Waals surface area contributed by atoms with Gasteiger partial charge in [-0.2, -0.15) is 0 Å². The molecule has 0 spiro atoms. The Morgan fingerprint density at radius 2 is 1.40 bits per heavy atom. The molecule has 42 heavy (non-hydrogen) atoms. The number of primary amides is 1. The Kier molecular flexibility index (Phi) is 14.3. The van der Waals surface area contributed by atoms with Crippen LogP contribution in [0.25, 0.3) is 32.6 Å². The van der Waals surface area contributed by atoms with Gasteiger partial charge in [-0.05, 0) is 28.5 Å². The van der Waals surface area contributed by atoms with Gasteiger partial charge in [-0.25, -0.2) is 0 Å². The van der Waals surface area contributed by atoms with Crippen LogP contribution in [0.15, 0.2) is 90.2 Å². The standard InChI is InChI=1S/C15H14N2O4.C12H8N2.C3H7NO.O.V/c16-14(19)7-12(15(20)21)17-8-11-10-4-2-1-3-9(10)5-6-13(11)18;1-3-9-5-6-10-4-2-8-14-12(10)11(9)13-7-1;1-4(2)3-5;;/h1-6,8,12,18H,7H2,(H2,16,19)(H,20,21);1-8H;3H,1-2H3;;/q;;;-2;+4/p-2/t12-;;;;/m1..../s1. The van der Waals surface area contributed by atoms with Crippen molar-refractivity contribution < 1.29 is 48.6 Å². The molecule has 0 unspecified atom stereocenters. The first-order chi connectivity index (χ1) is 19.2. The maximum atomic E-state index is 11.9. The summed E-state index contributed by atoms with van der Waals surface area (Å²) < 4.78 is 0. The number of pyridine rings is 2. The fraction of sp³-hybridized carbons (Fsp3) is 0.133. The molecule has 2 N–H and O–H groups in total. The molecule has 0 saturated carbocycles. The number of carboxylic acids is 1. The molecular formula is C30H27N5O6V. The Labute approximate surface area is 253 Å². The number of aromatic nitrogens is 2. The Morgan fingerprint density at radius 1 is 0.905 bits per heavy atom. The summed E-state index contributed by atoms with van der Waals surface area (Å²) in [5, 5.41) is 26.6. The molecule has 2 amide bonds. The molecule has 1 radical (unpaired) electrons. The number of carbonyl (C=O) groups is 3. The van der Waals surface area contributed by atoms with E-state index in [9.17, 15) is 24.6 Å². The predicted octanol–water partition coefficient (Wildman–Crippen LogP) is 1.69. The summed E-state index contributed by atoms with van der Waals surface area (Å²) in [7, 11) is 3.38. The molecule has 0 aliphatic rings. The van der Waals surface area contributed by atoms with E-state index in [1.807, 2.05) is 24.3 Å². The topological polar surface area (TPSA) is 193 Å². The number of aliphatic carboxylic acids is 1. The molecule has 12 heteroatoms. The molecule has 0 saturated heterocycles. The average molecular weight is 605 g/mol. The van der Waals surface area contributed by atoms with Gasteiger partial charge in [-0.15, -0.1) is 0 Å². The van der Waals surface area contributed by atoms with Crippen molar-refractivity contribution in [2.45, 2.75) is 12.5 Å². The first kappa shape index (κ1) is 35.2. The van der Waals surface area contributed by atoms with Crippen LogP contribution in [0, 0.1) is 0 Å². The summed E-state index contributed by atoms with van der Waals surface area (Å²) in [6, 6.07) is 20.9. The van der Waals surface area contributed by atoms with Crippen molar-refractivity contribution in [1.82, 2.24) is 14.9 Å². The van der Waals surface area contributed by atoms with Gasteiger partial charge in [0.1, 0.15) is 0 Å². The van der Waals surface area contributed by atoms with Crippen LogP contribution < -0.4 is 15.9 Å². The Bertz CT molecular complexity index is 1620. The number of benzene rings is 3. The van der Waals surface area contributed by atoms with Gasteiger partial charge < -0.3 is 31.1 Å². The summed E-state index contributed by atoms with van der Waals surface area (Å²) in [4.78, 5) is 45.0. The molecule has 1 atom stereocenters. The van der Waals surface area contributed by atoms with Gasteiger partial charge in [0.05, 0.1) is 29.5 Å². The van der Waals surface area contributed by atoms with Gasteiger partial charge in [0.2, 0.25) is 12.3 Å². The van der Waals surface area contributed by atoms with Gasteiger partial charge in [0.15, 0.2) is 0 Å². The van der Waals surface area contributed by atoms with Crippen molar-refractivity contribution in [1.29, 1.82) is 0 Å². The number of fused-ring (bicyclic) bond motifs is 4. The van der Waals surface area contributed by atoms with E-state index >= 15 is 0 Å². The zero-order chi connectivity index (χ0) is 29.1. The van der Waals surface area contributed by atoms with Crippen molar-refractivity contribution in [3.63, 3.8) is 0 Å². The molecule has 0 bridgehead atoms. The number of nitrogens with zero attached hydrogens (tertiary/aromatic N) is 4. The molecule has 0 aliphatic carbocycles. The Morgan fingerprint density at radius 3 is 1.90 bits per heavy atom. The molecule has 2 aromatic heterocycles. The Hall–Kier alpha value is -4.84. The molecule has 5 aromatic rings. The third-order valence-electron chi connectivity index (χ3n) is 5.54. The zero-order valence-electron chi connectivity index (χ0n) is 22.8. The van der Waals surface area contributed by atoms with Crippen LogP contribution in [-0.4, -0.2) is 59.5 Å². The van der Waals surface area contributed by atoms with E-state index in [1.165, 1.54) is 11.0 Å². The molecule has 0 fully saturated rings. The second-order valence-corrected chi connectivity index (χ2v) is 8.77. The van der Waals surface area contributed by atoms with Gasteiger partial charge in [-0.3, -0.25) is 24.5 Å². The first-order valence-electron chi connectivity index (χ1n) is 12.1. The van der Waals surface area contributed by atoms with E-state index in [4.69, 9.17) is 5.73 Å². The molecule has 213 valence electrons. The van der Waals surface area contributed by atoms with Crippen molar-refractivity contribution in [3.8, 4) is 5.75 Å². The summed E-state index contributed by atoms with van der Waals surface area (Å²) >= 11 is 0. The first-order valence-corrected chi connectivity index (χ1v) is 12.1. The quantitative estimate of drug-likeness (QED) is 0.173. The number of rotatable bonds is 6. The largest absolute Gasteiger partial charge is 4.00 e. The van der Waals surface area contributed by atoms with Crippen molar-refractivity contribution in [2.75, 3.05) is 14.1 Å². The van der Waals surface area contributed by atoms with Crippen LogP contribution in [0.2, 0.25) is 0 Å². The monoisotopic (exact) mass is 604 g/mol. The fourth-order valence-corrected chi connectivity index (χ4v) is 3.64. The minimum absolute atomic E-state index is 0. The minimum Gasteiger partial charge on any atom is -2.00 e. The smallest absolute Gasteiger partial charge is 2.00 e. The maximum Gasteiger partial charge on any atom is 4.00 e. The van der Waals surface area contributed by atoms with Crippen LogP contribution in [0.4, 0.5) is 0 Å². The van der Waals surface area contributed by atoms with Gasteiger partial charge in [0, 0.05) is 43.5 Å². The number of amides is 2. The van der Waals surface area contributed by atoms with E-state index in [-0.39, 0.29) is 35.3 Å². The van der Waals surface area contributed by atoms with Gasteiger partial charge in [0.25, 0.3) is 0 Å². The predicted molar refractivity (Wildman–Crippen MR) is 151 cm³/mol. The summed E-state index contributed by atoms with van der Waals surface area (Å²) in [6.45, 7) is 0. The number of hydrogen-bond donors (Lipinski definition) is 1. The molecule has 11 nitrogen and oxygen atoms in total. The summed E-state index contributed by atoms with van der Waals surface area (Å²) in [5.41, 5.74) is 7.18. The number of aliphatic imine (C=N–C) groups is 1. The van der Waals surface area contributed by atoms with Gasteiger partial charge >= 0.3 is 18.6 Å². The number of hydrogen-bond acceptors (Lipinski definition) is 8. The average Bonchev–Trinajstić information content (AvgIpc) is 2.96. The second-order valence-electron chi connectivity index (χ2n) is 8.77. The number of carbonyl (C=O) groups excluding carboxylic acids is 3. The van der Waals surface area contributed by atoms with Crippen molar-refractivity contribution >= 4 is 57.1 Å². The number of nitrogens with two attached hydrogens (primary N) is 1. The van der Waals surface area contributed by atoms with E-state index in [1.54, 1.807) is 44.7 Å². The maximum absolute atomic E-state index is 11.9. The zero-order valence-corrected chi connectivity index (χ0v) is 24.2. The van der Waals surface area contributed by atoms with Crippen LogP contribution in [-0.2, 0) is 38.4 Å². The molecule has 2 heterocycles. The fourth-order valence-electron chi connectivity index (χ4n) is 3.64. The third kappa shape index (κ3) is 9.67. The molecule has 5 rings (SSSR count). The molecule has 0 aliphatic heterocycles. The molecule has 3 aromatic carbocycles. The third-order valence-corrected chi connectivity index (χ3v) is 5.54. The normalized spacial score (nSPS) is 10.7. The second kappa shape index (κ2) is 17.1. The summed E-state index contributed by atoms with van der Waals surface area (Å²) in [6.07, 6.45) is 5.04. The van der Waals surface area contributed by atoms with E-state index in [0.29, 0.717) is 5.39 Å². The van der Waals surface area contributed by atoms with E-state index in [2.05, 4.69) is 39.2 Å². The van der Waals surface area contributed by atoms with Crippen LogP contribution in [0.1, 0.15) is 12.0 Å². The molecular weight excluding hydrogens is 577 g/mol. The van der Waals surface area contributed by atoms with Crippen LogP contribution >= 0.6 is 0 Å². The number of carboxylic acid groups (broad SMARTS) is 1. The van der Waals surface area contributed by atoms with E-state index in [0.717, 1.165) is 39.8 Å². The Balaban J connectivity index is 0.000000363. The van der Waals surface area contributed by atoms with Crippen molar-refractivity contribution in [2.24, 2.45) is 10.7 Å². The summed E-state index contributed by atoms with van der Waals surface area (Å²) in [5.74, 6) is -2.60. The van der Waals surface area contributed by atoms with Crippen LogP contribution in [0.3, 0.4) is 0 Å². The van der Waals surface area contributed by atoms with Crippen LogP contribution in [0.5, 0.6) is 5.75 Å². The minimum atomic E-state index is -1.52. The SMILES string of the molecule is CN(C)C=O.NC(=O)C[C@@H](N=Cc1c([O-])ccc2ccccc12)C(=O)[O-].[O-2].[V+4].c1cnc2c(c1)ccc1cccnc12. The van der Waals surface area contributed by atoms with Crippen molar-refractivity contribution in [3.05, 3.63) is 90.8 Å². The van der Waals surface area contributed by atoms with E-state index < -0.39 is 24.3 Å².